The lowest BCUT2D eigenvalue weighted by Gasteiger charge is -2.32. The fraction of sp³-hybridized carbons (Fsp3) is 0.385. The Labute approximate surface area is 135 Å². The van der Waals surface area contributed by atoms with Crippen molar-refractivity contribution < 1.29 is 4.92 Å². The van der Waals surface area contributed by atoms with E-state index in [0.29, 0.717) is 11.7 Å². The van der Waals surface area contributed by atoms with Crippen LogP contribution in [0.1, 0.15) is 24.5 Å². The number of nitrogens with zero attached hydrogens (tertiary/aromatic N) is 4. The van der Waals surface area contributed by atoms with Crippen LogP contribution in [0.4, 0.5) is 11.5 Å². The number of rotatable bonds is 3. The van der Waals surface area contributed by atoms with Crippen molar-refractivity contribution >= 4 is 34.1 Å². The normalized spacial score (nSPS) is 18.7. The molecule has 3 rings (SSSR count). The number of H-pyrrole nitrogens is 1. The zero-order valence-corrected chi connectivity index (χ0v) is 13.4. The highest BCUT2D eigenvalue weighted by atomic mass is 127. The molecular formula is C13H14IN5O2. The third-order valence-corrected chi connectivity index (χ3v) is 4.57. The Bertz CT molecular complexity index is 660. The number of nitro groups is 1. The topological polar surface area (TPSA) is 88.0 Å². The van der Waals surface area contributed by atoms with E-state index in [1.54, 1.807) is 18.5 Å². The molecule has 0 bridgehead atoms. The molecule has 2 aromatic rings. The van der Waals surface area contributed by atoms with E-state index in [0.717, 1.165) is 35.2 Å². The Kier molecular flexibility index (Phi) is 4.04. The monoisotopic (exact) mass is 399 g/mol. The van der Waals surface area contributed by atoms with E-state index in [1.807, 2.05) is 4.90 Å². The largest absolute Gasteiger partial charge is 0.350 e. The highest BCUT2D eigenvalue weighted by Crippen LogP contribution is 2.33. The van der Waals surface area contributed by atoms with Gasteiger partial charge in [0.2, 0.25) is 5.82 Å². The van der Waals surface area contributed by atoms with E-state index in [9.17, 15) is 10.1 Å². The molecule has 1 N–H and O–H groups in total. The average molecular weight is 399 g/mol. The van der Waals surface area contributed by atoms with Crippen LogP contribution in [0, 0.1) is 13.7 Å². The molecule has 1 aliphatic rings. The van der Waals surface area contributed by atoms with Gasteiger partial charge >= 0.3 is 5.69 Å². The molecule has 3 heterocycles. The third-order valence-electron chi connectivity index (χ3n) is 3.71. The van der Waals surface area contributed by atoms with Crippen LogP contribution in [0.2, 0.25) is 0 Å². The standard InChI is InChI=1S/C13H14IN5O2/c14-10-7-16-17-12(10)9-3-2-6-18(8-9)13-11(19(20)21)4-1-5-15-13/h1,4-5,7,9H,2-3,6,8H2,(H,16,17). The summed E-state index contributed by atoms with van der Waals surface area (Å²) in [5, 5.41) is 18.3. The molecule has 0 saturated carbocycles. The zero-order chi connectivity index (χ0) is 14.8. The summed E-state index contributed by atoms with van der Waals surface area (Å²) < 4.78 is 1.11. The van der Waals surface area contributed by atoms with Gasteiger partial charge < -0.3 is 4.90 Å². The highest BCUT2D eigenvalue weighted by molar-refractivity contribution is 14.1. The number of hydrogen-bond acceptors (Lipinski definition) is 5. The summed E-state index contributed by atoms with van der Waals surface area (Å²) in [6, 6.07) is 3.10. The van der Waals surface area contributed by atoms with E-state index in [4.69, 9.17) is 0 Å². The maximum absolute atomic E-state index is 11.2. The van der Waals surface area contributed by atoms with Crippen LogP contribution < -0.4 is 4.90 Å². The smallest absolute Gasteiger partial charge is 0.311 e. The SMILES string of the molecule is O=[N+]([O-])c1cccnc1N1CCCC(c2[nH]ncc2I)C1. The lowest BCUT2D eigenvalue weighted by Crippen LogP contribution is -2.35. The number of aromatic nitrogens is 3. The summed E-state index contributed by atoms with van der Waals surface area (Å²) in [4.78, 5) is 17.0. The Morgan fingerprint density at radius 2 is 2.38 bits per heavy atom. The molecule has 1 atom stereocenters. The van der Waals surface area contributed by atoms with Crippen LogP contribution in [-0.4, -0.2) is 33.2 Å². The quantitative estimate of drug-likeness (QED) is 0.487. The summed E-state index contributed by atoms with van der Waals surface area (Å²) in [6.45, 7) is 1.51. The molecule has 1 unspecified atom stereocenters. The fourth-order valence-corrected chi connectivity index (χ4v) is 3.45. The molecule has 1 aliphatic heterocycles. The number of aromatic amines is 1. The number of hydrogen-bond donors (Lipinski definition) is 1. The van der Waals surface area contributed by atoms with Crippen molar-refractivity contribution in [1.82, 2.24) is 15.2 Å². The summed E-state index contributed by atoms with van der Waals surface area (Å²) >= 11 is 2.26. The summed E-state index contributed by atoms with van der Waals surface area (Å²) in [5.74, 6) is 0.761. The van der Waals surface area contributed by atoms with Gasteiger partial charge in [-0.3, -0.25) is 15.2 Å². The van der Waals surface area contributed by atoms with Crippen molar-refractivity contribution in [2.24, 2.45) is 0 Å². The van der Waals surface area contributed by atoms with Crippen LogP contribution in [-0.2, 0) is 0 Å². The molecule has 0 spiro atoms. The minimum absolute atomic E-state index is 0.0671. The molecule has 0 amide bonds. The van der Waals surface area contributed by atoms with Gasteiger partial charge in [-0.05, 0) is 41.5 Å². The average Bonchev–Trinajstić information content (AvgIpc) is 2.93. The lowest BCUT2D eigenvalue weighted by molar-refractivity contribution is -0.384. The van der Waals surface area contributed by atoms with Gasteiger partial charge in [-0.15, -0.1) is 0 Å². The van der Waals surface area contributed by atoms with Gasteiger partial charge in [-0.2, -0.15) is 5.10 Å². The van der Waals surface area contributed by atoms with Gasteiger partial charge in [0.1, 0.15) is 0 Å². The Balaban J connectivity index is 1.87. The second kappa shape index (κ2) is 5.96. The lowest BCUT2D eigenvalue weighted by atomic mass is 9.95. The van der Waals surface area contributed by atoms with Gasteiger partial charge in [-0.25, -0.2) is 4.98 Å². The predicted octanol–water partition coefficient (Wildman–Crippen LogP) is 2.70. The number of nitrogens with one attached hydrogen (secondary N) is 1. The van der Waals surface area contributed by atoms with Crippen molar-refractivity contribution in [3.63, 3.8) is 0 Å². The first-order valence-electron chi connectivity index (χ1n) is 6.70. The van der Waals surface area contributed by atoms with Crippen molar-refractivity contribution in [3.8, 4) is 0 Å². The maximum Gasteiger partial charge on any atom is 0.311 e. The molecule has 110 valence electrons. The van der Waals surface area contributed by atoms with Gasteiger partial charge in [0.15, 0.2) is 0 Å². The van der Waals surface area contributed by atoms with Gasteiger partial charge in [0.25, 0.3) is 0 Å². The van der Waals surface area contributed by atoms with E-state index in [2.05, 4.69) is 37.8 Å². The molecule has 0 aromatic carbocycles. The summed E-state index contributed by atoms with van der Waals surface area (Å²) in [7, 11) is 0. The van der Waals surface area contributed by atoms with E-state index >= 15 is 0 Å². The Hall–Kier alpha value is -1.71. The predicted molar refractivity (Wildman–Crippen MR) is 86.4 cm³/mol. The number of pyridine rings is 1. The Morgan fingerprint density at radius 3 is 3.10 bits per heavy atom. The second-order valence-corrected chi connectivity index (χ2v) is 6.18. The molecule has 0 aliphatic carbocycles. The molecule has 21 heavy (non-hydrogen) atoms. The van der Waals surface area contributed by atoms with E-state index < -0.39 is 0 Å². The number of piperidine rings is 1. The van der Waals surface area contributed by atoms with Gasteiger partial charge in [0, 0.05) is 31.3 Å². The summed E-state index contributed by atoms with van der Waals surface area (Å²) in [6.07, 6.45) is 5.44. The third kappa shape index (κ3) is 2.85. The zero-order valence-electron chi connectivity index (χ0n) is 11.2. The van der Waals surface area contributed by atoms with Gasteiger partial charge in [-0.1, -0.05) is 0 Å². The molecule has 2 aromatic heterocycles. The van der Waals surface area contributed by atoms with Crippen LogP contribution in [0.3, 0.4) is 0 Å². The van der Waals surface area contributed by atoms with Gasteiger partial charge in [0.05, 0.1) is 20.4 Å². The first-order valence-corrected chi connectivity index (χ1v) is 7.78. The molecule has 1 fully saturated rings. The van der Waals surface area contributed by atoms with Crippen LogP contribution in [0.25, 0.3) is 0 Å². The minimum Gasteiger partial charge on any atom is -0.350 e. The maximum atomic E-state index is 11.2. The highest BCUT2D eigenvalue weighted by Gasteiger charge is 2.28. The first-order chi connectivity index (χ1) is 10.2. The molecule has 0 radical (unpaired) electrons. The van der Waals surface area contributed by atoms with Crippen LogP contribution >= 0.6 is 22.6 Å². The first kappa shape index (κ1) is 14.2. The van der Waals surface area contributed by atoms with Crippen molar-refractivity contribution in [3.05, 3.63) is 43.9 Å². The van der Waals surface area contributed by atoms with Crippen LogP contribution in [0.15, 0.2) is 24.5 Å². The fourth-order valence-electron chi connectivity index (χ4n) is 2.75. The second-order valence-electron chi connectivity index (χ2n) is 5.02. The van der Waals surface area contributed by atoms with Crippen LogP contribution in [0.5, 0.6) is 0 Å². The minimum atomic E-state index is -0.369. The molecule has 7 nitrogen and oxygen atoms in total. The summed E-state index contributed by atoms with van der Waals surface area (Å²) in [5.41, 5.74) is 1.18. The van der Waals surface area contributed by atoms with Crippen molar-refractivity contribution in [1.29, 1.82) is 0 Å². The van der Waals surface area contributed by atoms with Crippen molar-refractivity contribution in [2.75, 3.05) is 18.0 Å². The number of halogens is 1. The Morgan fingerprint density at radius 1 is 1.52 bits per heavy atom. The molecular weight excluding hydrogens is 385 g/mol. The van der Waals surface area contributed by atoms with Crippen molar-refractivity contribution in [2.45, 2.75) is 18.8 Å². The molecule has 8 heteroatoms. The van der Waals surface area contributed by atoms with E-state index in [-0.39, 0.29) is 10.6 Å². The van der Waals surface area contributed by atoms with E-state index in [1.165, 1.54) is 6.07 Å². The molecule has 1 saturated heterocycles. The number of anilines is 1.